The number of hydrogen-bond donors (Lipinski definition) is 0. The molecule has 0 saturated heterocycles. The number of halogens is 2. The summed E-state index contributed by atoms with van der Waals surface area (Å²) in [7, 11) is 0. The van der Waals surface area contributed by atoms with Crippen LogP contribution in [0.5, 0.6) is 0 Å². The summed E-state index contributed by atoms with van der Waals surface area (Å²) in [6.45, 7) is 0.615. The Balaban J connectivity index is 2.71. The maximum Gasteiger partial charge on any atom is 0.107 e. The first kappa shape index (κ1) is 10.4. The molecular formula is C10H8Cl2O. The first-order chi connectivity index (χ1) is 6.25. The van der Waals surface area contributed by atoms with Crippen LogP contribution >= 0.6 is 23.2 Å². The molecule has 0 atom stereocenters. The summed E-state index contributed by atoms with van der Waals surface area (Å²) in [5.41, 5.74) is 0.779. The maximum atomic E-state index is 5.89. The molecule has 13 heavy (non-hydrogen) atoms. The summed E-state index contributed by atoms with van der Waals surface area (Å²) in [6, 6.07) is 5.32. The van der Waals surface area contributed by atoms with E-state index in [1.165, 1.54) is 0 Å². The lowest BCUT2D eigenvalue weighted by Gasteiger charge is -2.05. The van der Waals surface area contributed by atoms with E-state index in [0.717, 1.165) is 5.56 Å². The normalized spacial score (nSPS) is 9.62. The Morgan fingerprint density at radius 1 is 1.31 bits per heavy atom. The lowest BCUT2D eigenvalue weighted by molar-refractivity contribution is 0.153. The standard InChI is InChI=1S/C10H8Cl2O/c1-2-6-13-7-8-9(11)4-3-5-10(8)12/h1,3-5H,6-7H2. The number of hydrogen-bond acceptors (Lipinski definition) is 1. The van der Waals surface area contributed by atoms with Crippen molar-refractivity contribution in [3.05, 3.63) is 33.8 Å². The van der Waals surface area contributed by atoms with E-state index in [0.29, 0.717) is 16.7 Å². The monoisotopic (exact) mass is 214 g/mol. The van der Waals surface area contributed by atoms with Crippen LogP contribution in [0.25, 0.3) is 0 Å². The van der Waals surface area contributed by atoms with Crippen molar-refractivity contribution in [1.29, 1.82) is 0 Å². The van der Waals surface area contributed by atoms with Crippen LogP contribution in [0.15, 0.2) is 18.2 Å². The molecule has 1 rings (SSSR count). The van der Waals surface area contributed by atoms with Gasteiger partial charge in [-0.3, -0.25) is 0 Å². The van der Waals surface area contributed by atoms with Gasteiger partial charge in [0, 0.05) is 15.6 Å². The van der Waals surface area contributed by atoms with Gasteiger partial charge in [-0.1, -0.05) is 35.2 Å². The number of rotatable bonds is 3. The van der Waals surface area contributed by atoms with Crippen LogP contribution in [0.3, 0.4) is 0 Å². The molecule has 0 N–H and O–H groups in total. The van der Waals surface area contributed by atoms with Gasteiger partial charge in [-0.05, 0) is 12.1 Å². The van der Waals surface area contributed by atoms with E-state index in [1.54, 1.807) is 18.2 Å². The van der Waals surface area contributed by atoms with Crippen molar-refractivity contribution < 1.29 is 4.74 Å². The Morgan fingerprint density at radius 3 is 2.46 bits per heavy atom. The molecule has 0 aliphatic rings. The van der Waals surface area contributed by atoms with E-state index in [-0.39, 0.29) is 6.61 Å². The van der Waals surface area contributed by atoms with Crippen molar-refractivity contribution in [3.8, 4) is 12.3 Å². The third-order valence-corrected chi connectivity index (χ3v) is 2.20. The molecule has 3 heteroatoms. The van der Waals surface area contributed by atoms with Gasteiger partial charge < -0.3 is 4.74 Å². The van der Waals surface area contributed by atoms with E-state index in [2.05, 4.69) is 5.92 Å². The number of benzene rings is 1. The minimum Gasteiger partial charge on any atom is -0.364 e. The molecular weight excluding hydrogens is 207 g/mol. The highest BCUT2D eigenvalue weighted by atomic mass is 35.5. The van der Waals surface area contributed by atoms with E-state index in [1.807, 2.05) is 0 Å². The van der Waals surface area contributed by atoms with Gasteiger partial charge in [0.1, 0.15) is 6.61 Å². The lowest BCUT2D eigenvalue weighted by Crippen LogP contribution is -1.94. The topological polar surface area (TPSA) is 9.23 Å². The summed E-state index contributed by atoms with van der Waals surface area (Å²) >= 11 is 11.8. The van der Waals surface area contributed by atoms with Gasteiger partial charge in [0.05, 0.1) is 6.61 Å². The van der Waals surface area contributed by atoms with E-state index in [9.17, 15) is 0 Å². The second-order valence-electron chi connectivity index (χ2n) is 2.40. The van der Waals surface area contributed by atoms with Crippen LogP contribution in [-0.2, 0) is 11.3 Å². The molecule has 0 amide bonds. The molecule has 1 aromatic rings. The smallest absolute Gasteiger partial charge is 0.107 e. The fourth-order valence-corrected chi connectivity index (χ4v) is 1.39. The first-order valence-corrected chi connectivity index (χ1v) is 4.45. The predicted octanol–water partition coefficient (Wildman–Crippen LogP) is 3.14. The van der Waals surface area contributed by atoms with E-state index >= 15 is 0 Å². The number of ether oxygens (including phenoxy) is 1. The SMILES string of the molecule is C#CCOCc1c(Cl)cccc1Cl. The Labute approximate surface area is 87.6 Å². The molecule has 0 spiro atoms. The highest BCUT2D eigenvalue weighted by molar-refractivity contribution is 6.35. The van der Waals surface area contributed by atoms with Gasteiger partial charge >= 0.3 is 0 Å². The highest BCUT2D eigenvalue weighted by Crippen LogP contribution is 2.24. The molecule has 0 aliphatic heterocycles. The third kappa shape index (κ3) is 2.93. The zero-order chi connectivity index (χ0) is 9.68. The first-order valence-electron chi connectivity index (χ1n) is 3.70. The Morgan fingerprint density at radius 2 is 1.92 bits per heavy atom. The van der Waals surface area contributed by atoms with Crippen molar-refractivity contribution in [3.63, 3.8) is 0 Å². The molecule has 0 aliphatic carbocycles. The van der Waals surface area contributed by atoms with Crippen molar-refractivity contribution in [2.45, 2.75) is 6.61 Å². The van der Waals surface area contributed by atoms with Crippen molar-refractivity contribution in [2.75, 3.05) is 6.61 Å². The molecule has 68 valence electrons. The zero-order valence-corrected chi connectivity index (χ0v) is 8.40. The number of terminal acetylenes is 1. The van der Waals surface area contributed by atoms with Crippen LogP contribution in [0.2, 0.25) is 10.0 Å². The highest BCUT2D eigenvalue weighted by Gasteiger charge is 2.04. The summed E-state index contributed by atoms with van der Waals surface area (Å²) < 4.78 is 5.13. The van der Waals surface area contributed by atoms with E-state index < -0.39 is 0 Å². The van der Waals surface area contributed by atoms with Crippen molar-refractivity contribution in [1.82, 2.24) is 0 Å². The van der Waals surface area contributed by atoms with Crippen LogP contribution in [0, 0.1) is 12.3 Å². The molecule has 0 heterocycles. The van der Waals surface area contributed by atoms with Crippen LogP contribution < -0.4 is 0 Å². The van der Waals surface area contributed by atoms with Crippen LogP contribution in [0.1, 0.15) is 5.56 Å². The van der Waals surface area contributed by atoms with Crippen LogP contribution in [0.4, 0.5) is 0 Å². The lowest BCUT2D eigenvalue weighted by atomic mass is 10.2. The minimum absolute atomic E-state index is 0.265. The van der Waals surface area contributed by atoms with Gasteiger partial charge in [0.25, 0.3) is 0 Å². The average Bonchev–Trinajstić information content (AvgIpc) is 2.10. The summed E-state index contributed by atoms with van der Waals surface area (Å²) in [5, 5.41) is 1.20. The Kier molecular flexibility index (Phi) is 4.11. The molecule has 0 saturated carbocycles. The van der Waals surface area contributed by atoms with Gasteiger partial charge in [0.15, 0.2) is 0 Å². The largest absolute Gasteiger partial charge is 0.364 e. The zero-order valence-electron chi connectivity index (χ0n) is 6.89. The van der Waals surface area contributed by atoms with E-state index in [4.69, 9.17) is 34.4 Å². The van der Waals surface area contributed by atoms with Crippen LogP contribution in [-0.4, -0.2) is 6.61 Å². The van der Waals surface area contributed by atoms with Gasteiger partial charge in [-0.25, -0.2) is 0 Å². The maximum absolute atomic E-state index is 5.89. The molecule has 0 radical (unpaired) electrons. The van der Waals surface area contributed by atoms with Gasteiger partial charge in [-0.2, -0.15) is 0 Å². The molecule has 1 nitrogen and oxygen atoms in total. The Hall–Kier alpha value is -0.680. The molecule has 0 aromatic heterocycles. The summed E-state index contributed by atoms with van der Waals surface area (Å²) in [6.07, 6.45) is 5.03. The van der Waals surface area contributed by atoms with Gasteiger partial charge in [-0.15, -0.1) is 6.42 Å². The Bertz CT molecular complexity index is 308. The quantitative estimate of drug-likeness (QED) is 0.555. The molecule has 0 bridgehead atoms. The molecule has 1 aromatic carbocycles. The second kappa shape index (κ2) is 5.14. The van der Waals surface area contributed by atoms with Crippen molar-refractivity contribution >= 4 is 23.2 Å². The minimum atomic E-state index is 0.265. The van der Waals surface area contributed by atoms with Gasteiger partial charge in [0.2, 0.25) is 0 Å². The summed E-state index contributed by atoms with van der Waals surface area (Å²) in [4.78, 5) is 0. The summed E-state index contributed by atoms with van der Waals surface area (Å²) in [5.74, 6) is 2.37. The third-order valence-electron chi connectivity index (χ3n) is 1.49. The molecule has 0 fully saturated rings. The van der Waals surface area contributed by atoms with Crippen molar-refractivity contribution in [2.24, 2.45) is 0 Å². The average molecular weight is 215 g/mol. The fraction of sp³-hybridized carbons (Fsp3) is 0.200. The molecule has 0 unspecified atom stereocenters. The second-order valence-corrected chi connectivity index (χ2v) is 3.21. The fourth-order valence-electron chi connectivity index (χ4n) is 0.882. The predicted molar refractivity (Wildman–Crippen MR) is 55.0 cm³/mol.